The van der Waals surface area contributed by atoms with Gasteiger partial charge in [-0.3, -0.25) is 0 Å². The van der Waals surface area contributed by atoms with Gasteiger partial charge in [0.05, 0.1) is 18.9 Å². The number of ether oxygens (including phenoxy) is 2. The number of benzene rings is 1. The minimum absolute atomic E-state index is 0.00616. The quantitative estimate of drug-likeness (QED) is 0.736. The van der Waals surface area contributed by atoms with Gasteiger partial charge in [-0.1, -0.05) is 26.0 Å². The van der Waals surface area contributed by atoms with E-state index in [1.165, 1.54) is 0 Å². The van der Waals surface area contributed by atoms with Crippen molar-refractivity contribution in [2.24, 2.45) is 0 Å². The molecule has 2 aromatic rings. The summed E-state index contributed by atoms with van der Waals surface area (Å²) in [5.74, 6) is 0.0920. The van der Waals surface area contributed by atoms with Crippen LogP contribution in [0, 0.1) is 0 Å². The third-order valence-corrected chi connectivity index (χ3v) is 3.10. The molecule has 1 heterocycles. The fraction of sp³-hybridized carbons (Fsp3) is 0.412. The van der Waals surface area contributed by atoms with Crippen LogP contribution in [0.4, 0.5) is 24.8 Å². The Bertz CT molecular complexity index is 693. The normalized spacial score (nSPS) is 11.2. The number of hydrogen-bond acceptors (Lipinski definition) is 5. The van der Waals surface area contributed by atoms with Crippen molar-refractivity contribution >= 4 is 11.6 Å². The van der Waals surface area contributed by atoms with Gasteiger partial charge in [-0.2, -0.15) is 18.2 Å². The second-order valence-corrected chi connectivity index (χ2v) is 5.23. The second-order valence-electron chi connectivity index (χ2n) is 5.23. The van der Waals surface area contributed by atoms with Crippen molar-refractivity contribution in [3.63, 3.8) is 0 Å². The molecule has 0 aliphatic heterocycles. The van der Waals surface area contributed by atoms with Crippen LogP contribution in [0.5, 0.6) is 11.6 Å². The van der Waals surface area contributed by atoms with Gasteiger partial charge in [-0.05, 0) is 25.0 Å². The number of nitrogens with one attached hydrogen (secondary N) is 1. The predicted octanol–water partition coefficient (Wildman–Crippen LogP) is 4.82. The summed E-state index contributed by atoms with van der Waals surface area (Å²) < 4.78 is 49.9. The monoisotopic (exact) mass is 355 g/mol. The topological polar surface area (TPSA) is 56.3 Å². The fourth-order valence-electron chi connectivity index (χ4n) is 1.96. The molecule has 0 fully saturated rings. The Hall–Kier alpha value is -2.51. The average molecular weight is 355 g/mol. The summed E-state index contributed by atoms with van der Waals surface area (Å²) in [7, 11) is 0. The zero-order valence-corrected chi connectivity index (χ0v) is 14.1. The molecule has 0 saturated carbocycles. The van der Waals surface area contributed by atoms with E-state index in [-0.39, 0.29) is 12.6 Å². The SMILES string of the molecule is CCCOc1ccccc1Nc1ncc(C(F)(F)F)c(OCCC)n1. The summed E-state index contributed by atoms with van der Waals surface area (Å²) in [6, 6.07) is 7.08. The van der Waals surface area contributed by atoms with Crippen LogP contribution in [0.3, 0.4) is 0 Å². The summed E-state index contributed by atoms with van der Waals surface area (Å²) in [4.78, 5) is 7.63. The molecule has 5 nitrogen and oxygen atoms in total. The molecule has 1 aromatic carbocycles. The lowest BCUT2D eigenvalue weighted by molar-refractivity contribution is -0.139. The summed E-state index contributed by atoms with van der Waals surface area (Å²) in [5.41, 5.74) is -0.431. The Morgan fingerprint density at radius 3 is 2.40 bits per heavy atom. The lowest BCUT2D eigenvalue weighted by Gasteiger charge is -2.15. The highest BCUT2D eigenvalue weighted by Crippen LogP contribution is 2.36. The third kappa shape index (κ3) is 5.23. The highest BCUT2D eigenvalue weighted by molar-refractivity contribution is 5.62. The first-order chi connectivity index (χ1) is 12.0. The average Bonchev–Trinajstić information content (AvgIpc) is 2.58. The van der Waals surface area contributed by atoms with Crippen LogP contribution < -0.4 is 14.8 Å². The lowest BCUT2D eigenvalue weighted by atomic mass is 10.3. The highest BCUT2D eigenvalue weighted by atomic mass is 19.4. The maximum Gasteiger partial charge on any atom is 0.423 e. The second kappa shape index (κ2) is 8.55. The van der Waals surface area contributed by atoms with E-state index in [0.717, 1.165) is 12.6 Å². The van der Waals surface area contributed by atoms with Crippen molar-refractivity contribution in [2.45, 2.75) is 32.9 Å². The molecular weight excluding hydrogens is 335 g/mol. The van der Waals surface area contributed by atoms with Gasteiger partial charge in [0.1, 0.15) is 11.3 Å². The van der Waals surface area contributed by atoms with Gasteiger partial charge in [-0.25, -0.2) is 4.98 Å². The Morgan fingerprint density at radius 2 is 1.72 bits per heavy atom. The molecule has 0 radical (unpaired) electrons. The maximum absolute atomic E-state index is 13.0. The van der Waals surface area contributed by atoms with Crippen molar-refractivity contribution in [1.82, 2.24) is 9.97 Å². The molecular formula is C17H20F3N3O2. The van der Waals surface area contributed by atoms with Crippen LogP contribution in [0.15, 0.2) is 30.5 Å². The Labute approximate surface area is 144 Å². The van der Waals surface area contributed by atoms with E-state index in [2.05, 4.69) is 15.3 Å². The van der Waals surface area contributed by atoms with Crippen molar-refractivity contribution < 1.29 is 22.6 Å². The zero-order valence-electron chi connectivity index (χ0n) is 14.1. The van der Waals surface area contributed by atoms with E-state index in [9.17, 15) is 13.2 Å². The maximum atomic E-state index is 13.0. The van der Waals surface area contributed by atoms with Gasteiger partial charge in [-0.15, -0.1) is 0 Å². The first-order valence-electron chi connectivity index (χ1n) is 8.01. The molecule has 0 aliphatic carbocycles. The summed E-state index contributed by atoms with van der Waals surface area (Å²) in [5, 5.41) is 2.88. The van der Waals surface area contributed by atoms with Crippen molar-refractivity contribution in [1.29, 1.82) is 0 Å². The molecule has 25 heavy (non-hydrogen) atoms. The number of halogens is 3. The van der Waals surface area contributed by atoms with Crippen molar-refractivity contribution in [3.8, 4) is 11.6 Å². The van der Waals surface area contributed by atoms with Crippen molar-refractivity contribution in [2.75, 3.05) is 18.5 Å². The zero-order chi connectivity index (χ0) is 18.3. The Kier molecular flexibility index (Phi) is 6.44. The van der Waals surface area contributed by atoms with Crippen LogP contribution in [-0.2, 0) is 6.18 Å². The summed E-state index contributed by atoms with van der Waals surface area (Å²) in [6.45, 7) is 4.44. The van der Waals surface area contributed by atoms with E-state index in [0.29, 0.717) is 24.5 Å². The first kappa shape index (κ1) is 18.8. The molecule has 8 heteroatoms. The number of hydrogen-bond donors (Lipinski definition) is 1. The van der Waals surface area contributed by atoms with Gasteiger partial charge >= 0.3 is 6.18 Å². The first-order valence-corrected chi connectivity index (χ1v) is 8.01. The molecule has 0 amide bonds. The molecule has 136 valence electrons. The number of para-hydroxylation sites is 2. The molecule has 0 spiro atoms. The van der Waals surface area contributed by atoms with Crippen LogP contribution in [0.2, 0.25) is 0 Å². The number of nitrogens with zero attached hydrogens (tertiary/aromatic N) is 2. The minimum atomic E-state index is -4.58. The number of anilines is 2. The smallest absolute Gasteiger partial charge is 0.423 e. The molecule has 2 rings (SSSR count). The Balaban J connectivity index is 2.28. The lowest BCUT2D eigenvalue weighted by Crippen LogP contribution is -2.13. The van der Waals surface area contributed by atoms with E-state index in [4.69, 9.17) is 9.47 Å². The molecule has 0 unspecified atom stereocenters. The molecule has 0 bridgehead atoms. The van der Waals surface area contributed by atoms with Gasteiger partial charge in [0.15, 0.2) is 0 Å². The molecule has 0 aliphatic rings. The minimum Gasteiger partial charge on any atom is -0.491 e. The third-order valence-electron chi connectivity index (χ3n) is 3.10. The van der Waals surface area contributed by atoms with Crippen LogP contribution in [0.25, 0.3) is 0 Å². The van der Waals surface area contributed by atoms with Crippen LogP contribution >= 0.6 is 0 Å². The highest BCUT2D eigenvalue weighted by Gasteiger charge is 2.36. The summed E-state index contributed by atoms with van der Waals surface area (Å²) in [6.07, 6.45) is -2.46. The largest absolute Gasteiger partial charge is 0.491 e. The van der Waals surface area contributed by atoms with Gasteiger partial charge in [0, 0.05) is 6.20 Å². The van der Waals surface area contributed by atoms with E-state index in [1.807, 2.05) is 6.92 Å². The summed E-state index contributed by atoms with van der Waals surface area (Å²) >= 11 is 0. The number of alkyl halides is 3. The van der Waals surface area contributed by atoms with Crippen LogP contribution in [0.1, 0.15) is 32.3 Å². The van der Waals surface area contributed by atoms with Gasteiger partial charge in [0.25, 0.3) is 0 Å². The van der Waals surface area contributed by atoms with E-state index >= 15 is 0 Å². The molecule has 1 aromatic heterocycles. The molecule has 1 N–H and O–H groups in total. The predicted molar refractivity (Wildman–Crippen MR) is 88.3 cm³/mol. The number of rotatable bonds is 8. The van der Waals surface area contributed by atoms with Gasteiger partial charge < -0.3 is 14.8 Å². The van der Waals surface area contributed by atoms with Crippen molar-refractivity contribution in [3.05, 3.63) is 36.0 Å². The van der Waals surface area contributed by atoms with E-state index < -0.39 is 17.6 Å². The standard InChI is InChI=1S/C17H20F3N3O2/c1-3-9-24-14-8-6-5-7-13(14)22-16-21-11-12(17(18,19)20)15(23-16)25-10-4-2/h5-8,11H,3-4,9-10H2,1-2H3,(H,21,22,23). The number of aromatic nitrogens is 2. The fourth-order valence-corrected chi connectivity index (χ4v) is 1.96. The molecule has 0 atom stereocenters. The van der Waals surface area contributed by atoms with Crippen LogP contribution in [-0.4, -0.2) is 23.2 Å². The van der Waals surface area contributed by atoms with Gasteiger partial charge in [0.2, 0.25) is 11.8 Å². The molecule has 0 saturated heterocycles. The Morgan fingerprint density at radius 1 is 1.04 bits per heavy atom. The van der Waals surface area contributed by atoms with E-state index in [1.54, 1.807) is 31.2 Å².